The Balaban J connectivity index is 2.47. The minimum atomic E-state index is -4.02. The number of hydrogen-bond donors (Lipinski definition) is 1. The van der Waals surface area contributed by atoms with Crippen molar-refractivity contribution in [1.29, 1.82) is 0 Å². The van der Waals surface area contributed by atoms with Crippen LogP contribution in [0.1, 0.15) is 30.6 Å². The molecule has 1 fully saturated rings. The van der Waals surface area contributed by atoms with Crippen molar-refractivity contribution in [2.75, 3.05) is 6.54 Å². The van der Waals surface area contributed by atoms with Crippen LogP contribution in [-0.2, 0) is 10.0 Å². The predicted octanol–water partition coefficient (Wildman–Crippen LogP) is 2.51. The van der Waals surface area contributed by atoms with E-state index in [0.717, 1.165) is 12.5 Å². The van der Waals surface area contributed by atoms with Gasteiger partial charge in [0, 0.05) is 12.6 Å². The number of sulfonamides is 1. The molecule has 1 amide bonds. The minimum Gasteiger partial charge on any atom is -0.336 e. The molecule has 0 radical (unpaired) electrons. The van der Waals surface area contributed by atoms with E-state index in [0.29, 0.717) is 12.5 Å². The number of carbonyl (C=O) groups excluding carboxylic acids is 1. The van der Waals surface area contributed by atoms with Crippen LogP contribution in [0.3, 0.4) is 0 Å². The molecule has 21 heavy (non-hydrogen) atoms. The number of rotatable bonds is 2. The predicted molar refractivity (Wildman–Crippen MR) is 82.1 cm³/mol. The topological polar surface area (TPSA) is 80.5 Å². The summed E-state index contributed by atoms with van der Waals surface area (Å²) in [7, 11) is -4.02. The van der Waals surface area contributed by atoms with E-state index in [1.807, 2.05) is 6.92 Å². The van der Waals surface area contributed by atoms with E-state index in [9.17, 15) is 13.2 Å². The number of halogens is 2. The summed E-state index contributed by atoms with van der Waals surface area (Å²) in [6, 6.07) is 2.47. The molecule has 2 unspecified atom stereocenters. The summed E-state index contributed by atoms with van der Waals surface area (Å²) in [6.07, 6.45) is 0.902. The first-order chi connectivity index (χ1) is 9.61. The fraction of sp³-hybridized carbons (Fsp3) is 0.462. The number of likely N-dealkylation sites (tertiary alicyclic amines) is 1. The molecular formula is C13H16Cl2N2O3S. The third-order valence-corrected chi connectivity index (χ3v) is 5.29. The summed E-state index contributed by atoms with van der Waals surface area (Å²) in [4.78, 5) is 14.0. The fourth-order valence-corrected chi connectivity index (χ4v) is 4.05. The SMILES string of the molecule is CC1CC(C)N(C(=O)c2cc(S(N)(=O)=O)c(Cl)cc2Cl)C1. The first-order valence-electron chi connectivity index (χ1n) is 6.44. The van der Waals surface area contributed by atoms with E-state index < -0.39 is 10.0 Å². The molecule has 0 aromatic heterocycles. The second kappa shape index (κ2) is 5.76. The number of amides is 1. The maximum absolute atomic E-state index is 12.6. The average Bonchev–Trinajstić information content (AvgIpc) is 2.66. The number of carbonyl (C=O) groups is 1. The van der Waals surface area contributed by atoms with Gasteiger partial charge in [0.1, 0.15) is 4.90 Å². The summed E-state index contributed by atoms with van der Waals surface area (Å²) in [6.45, 7) is 4.62. The molecule has 0 saturated carbocycles. The van der Waals surface area contributed by atoms with Gasteiger partial charge in [0.25, 0.3) is 5.91 Å². The standard InChI is InChI=1S/C13H16Cl2N2O3S/c1-7-3-8(2)17(6-7)13(18)9-4-12(21(16,19)20)11(15)5-10(9)14/h4-5,7-8H,3,6H2,1-2H3,(H2,16,19,20). The molecule has 1 heterocycles. The lowest BCUT2D eigenvalue weighted by atomic mass is 10.1. The maximum atomic E-state index is 12.6. The van der Waals surface area contributed by atoms with Crippen molar-refractivity contribution in [3.63, 3.8) is 0 Å². The first kappa shape index (κ1) is 16.5. The highest BCUT2D eigenvalue weighted by atomic mass is 35.5. The van der Waals surface area contributed by atoms with E-state index in [1.165, 1.54) is 6.07 Å². The number of benzene rings is 1. The van der Waals surface area contributed by atoms with Crippen molar-refractivity contribution < 1.29 is 13.2 Å². The van der Waals surface area contributed by atoms with Gasteiger partial charge in [-0.3, -0.25) is 4.79 Å². The molecule has 0 spiro atoms. The average molecular weight is 351 g/mol. The smallest absolute Gasteiger partial charge is 0.255 e. The van der Waals surface area contributed by atoms with Gasteiger partial charge in [-0.05, 0) is 31.4 Å². The Morgan fingerprint density at radius 2 is 1.90 bits per heavy atom. The zero-order valence-electron chi connectivity index (χ0n) is 11.6. The van der Waals surface area contributed by atoms with Gasteiger partial charge in [-0.2, -0.15) is 0 Å². The van der Waals surface area contributed by atoms with Crippen LogP contribution in [-0.4, -0.2) is 31.8 Å². The van der Waals surface area contributed by atoms with Gasteiger partial charge in [0.05, 0.1) is 15.6 Å². The molecule has 2 rings (SSSR count). The number of hydrogen-bond acceptors (Lipinski definition) is 3. The lowest BCUT2D eigenvalue weighted by molar-refractivity contribution is 0.0743. The van der Waals surface area contributed by atoms with Crippen molar-refractivity contribution in [2.45, 2.75) is 31.2 Å². The Bertz CT molecular complexity index is 691. The van der Waals surface area contributed by atoms with E-state index in [1.54, 1.807) is 4.90 Å². The molecule has 2 N–H and O–H groups in total. The zero-order chi connectivity index (χ0) is 15.9. The Kier molecular flexibility index (Phi) is 4.54. The summed E-state index contributed by atoms with van der Waals surface area (Å²) in [5.41, 5.74) is 0.103. The minimum absolute atomic E-state index is 0.0807. The van der Waals surface area contributed by atoms with Crippen LogP contribution in [0.4, 0.5) is 0 Å². The van der Waals surface area contributed by atoms with Crippen LogP contribution < -0.4 is 5.14 Å². The fourth-order valence-electron chi connectivity index (χ4n) is 2.65. The van der Waals surface area contributed by atoms with Gasteiger partial charge in [-0.15, -0.1) is 0 Å². The van der Waals surface area contributed by atoms with Gasteiger partial charge >= 0.3 is 0 Å². The van der Waals surface area contributed by atoms with Crippen LogP contribution in [0, 0.1) is 5.92 Å². The summed E-state index contributed by atoms with van der Waals surface area (Å²) >= 11 is 11.9. The van der Waals surface area contributed by atoms with Crippen LogP contribution in [0.5, 0.6) is 0 Å². The number of nitrogens with zero attached hydrogens (tertiary/aromatic N) is 1. The lowest BCUT2D eigenvalue weighted by Gasteiger charge is -2.22. The van der Waals surface area contributed by atoms with Gasteiger partial charge in [0.2, 0.25) is 10.0 Å². The highest BCUT2D eigenvalue weighted by Crippen LogP contribution is 2.31. The quantitative estimate of drug-likeness (QED) is 0.889. The van der Waals surface area contributed by atoms with Gasteiger partial charge in [-0.25, -0.2) is 13.6 Å². The summed E-state index contributed by atoms with van der Waals surface area (Å²) < 4.78 is 23.0. The largest absolute Gasteiger partial charge is 0.336 e. The molecule has 8 heteroatoms. The molecule has 1 aliphatic heterocycles. The monoisotopic (exact) mass is 350 g/mol. The molecule has 0 bridgehead atoms. The molecule has 1 aromatic rings. The molecule has 2 atom stereocenters. The van der Waals surface area contributed by atoms with E-state index >= 15 is 0 Å². The van der Waals surface area contributed by atoms with Crippen LogP contribution >= 0.6 is 23.2 Å². The third kappa shape index (κ3) is 3.34. The van der Waals surface area contributed by atoms with Crippen molar-refractivity contribution in [2.24, 2.45) is 11.1 Å². The van der Waals surface area contributed by atoms with Crippen LogP contribution in [0.25, 0.3) is 0 Å². The number of primary sulfonamides is 1. The van der Waals surface area contributed by atoms with E-state index in [-0.39, 0.29) is 32.5 Å². The normalized spacial score (nSPS) is 22.6. The zero-order valence-corrected chi connectivity index (χ0v) is 14.0. The van der Waals surface area contributed by atoms with Crippen LogP contribution in [0.15, 0.2) is 17.0 Å². The Labute approximate surface area is 134 Å². The highest BCUT2D eigenvalue weighted by Gasteiger charge is 2.32. The van der Waals surface area contributed by atoms with Gasteiger partial charge in [0.15, 0.2) is 0 Å². The second-order valence-corrected chi connectivity index (χ2v) is 7.80. The summed E-state index contributed by atoms with van der Waals surface area (Å²) in [5, 5.41) is 5.12. The first-order valence-corrected chi connectivity index (χ1v) is 8.74. The van der Waals surface area contributed by atoms with Crippen molar-refractivity contribution in [3.05, 3.63) is 27.7 Å². The summed E-state index contributed by atoms with van der Waals surface area (Å²) in [5.74, 6) is 0.0890. The second-order valence-electron chi connectivity index (χ2n) is 5.45. The number of nitrogens with two attached hydrogens (primary N) is 1. The van der Waals surface area contributed by atoms with Gasteiger partial charge < -0.3 is 4.90 Å². The molecule has 116 valence electrons. The molecule has 0 aliphatic carbocycles. The highest BCUT2D eigenvalue weighted by molar-refractivity contribution is 7.89. The van der Waals surface area contributed by atoms with Crippen LogP contribution in [0.2, 0.25) is 10.0 Å². The molecule has 1 saturated heterocycles. The molecule has 1 aliphatic rings. The maximum Gasteiger partial charge on any atom is 0.255 e. The third-order valence-electron chi connectivity index (χ3n) is 3.60. The van der Waals surface area contributed by atoms with Crippen molar-refractivity contribution >= 4 is 39.1 Å². The molecule has 5 nitrogen and oxygen atoms in total. The van der Waals surface area contributed by atoms with Crippen molar-refractivity contribution in [1.82, 2.24) is 4.90 Å². The molecular weight excluding hydrogens is 335 g/mol. The Morgan fingerprint density at radius 3 is 2.38 bits per heavy atom. The Morgan fingerprint density at radius 1 is 1.29 bits per heavy atom. The molecule has 1 aromatic carbocycles. The lowest BCUT2D eigenvalue weighted by Crippen LogP contribution is -2.34. The van der Waals surface area contributed by atoms with E-state index in [2.05, 4.69) is 6.92 Å². The van der Waals surface area contributed by atoms with Crippen molar-refractivity contribution in [3.8, 4) is 0 Å². The Hall–Kier alpha value is -0.820. The van der Waals surface area contributed by atoms with Gasteiger partial charge in [-0.1, -0.05) is 30.1 Å². The van der Waals surface area contributed by atoms with E-state index in [4.69, 9.17) is 28.3 Å².